The fourth-order valence-corrected chi connectivity index (χ4v) is 1.92. The maximum absolute atomic E-state index is 13.9. The van der Waals surface area contributed by atoms with Crippen molar-refractivity contribution in [3.8, 4) is 6.07 Å². The molecule has 0 amide bonds. The van der Waals surface area contributed by atoms with Gasteiger partial charge in [0.1, 0.15) is 5.82 Å². The molecule has 0 aliphatic carbocycles. The van der Waals surface area contributed by atoms with Gasteiger partial charge < -0.3 is 4.90 Å². The lowest BCUT2D eigenvalue weighted by Crippen LogP contribution is -2.12. The van der Waals surface area contributed by atoms with Gasteiger partial charge in [0.25, 0.3) is 0 Å². The molecule has 0 atom stereocenters. The first-order chi connectivity index (χ1) is 8.63. The standard InChI is InChI=1S/C15H13FN2/c1-11-5-3-4-6-14(11)18(2)15-8-7-12(10-17)9-13(15)16/h3-9H,1-2H3. The van der Waals surface area contributed by atoms with Gasteiger partial charge >= 0.3 is 0 Å². The van der Waals surface area contributed by atoms with Crippen LogP contribution in [-0.2, 0) is 0 Å². The Hall–Kier alpha value is -2.34. The highest BCUT2D eigenvalue weighted by Crippen LogP contribution is 2.28. The lowest BCUT2D eigenvalue weighted by atomic mass is 10.1. The SMILES string of the molecule is Cc1ccccc1N(C)c1ccc(C#N)cc1F. The van der Waals surface area contributed by atoms with Crippen molar-refractivity contribution in [3.05, 3.63) is 59.4 Å². The van der Waals surface area contributed by atoms with Gasteiger partial charge in [0.2, 0.25) is 0 Å². The number of nitriles is 1. The second-order valence-corrected chi connectivity index (χ2v) is 4.12. The van der Waals surface area contributed by atoms with E-state index in [0.29, 0.717) is 11.3 Å². The number of rotatable bonds is 2. The smallest absolute Gasteiger partial charge is 0.148 e. The summed E-state index contributed by atoms with van der Waals surface area (Å²) in [5.41, 5.74) is 2.81. The molecule has 2 rings (SSSR count). The number of hydrogen-bond donors (Lipinski definition) is 0. The summed E-state index contributed by atoms with van der Waals surface area (Å²) < 4.78 is 13.9. The number of anilines is 2. The van der Waals surface area contributed by atoms with Crippen molar-refractivity contribution in [1.29, 1.82) is 5.26 Å². The quantitative estimate of drug-likeness (QED) is 0.798. The second kappa shape index (κ2) is 4.89. The zero-order valence-electron chi connectivity index (χ0n) is 10.3. The predicted molar refractivity (Wildman–Crippen MR) is 70.4 cm³/mol. The maximum Gasteiger partial charge on any atom is 0.148 e. The number of aryl methyl sites for hydroxylation is 1. The predicted octanol–water partition coefficient (Wildman–Crippen LogP) is 3.77. The van der Waals surface area contributed by atoms with Crippen molar-refractivity contribution in [2.75, 3.05) is 11.9 Å². The summed E-state index contributed by atoms with van der Waals surface area (Å²) in [6.07, 6.45) is 0. The average molecular weight is 240 g/mol. The number of hydrogen-bond acceptors (Lipinski definition) is 2. The highest BCUT2D eigenvalue weighted by molar-refractivity contribution is 5.66. The van der Waals surface area contributed by atoms with E-state index in [9.17, 15) is 4.39 Å². The minimum atomic E-state index is -0.389. The first-order valence-corrected chi connectivity index (χ1v) is 5.62. The zero-order valence-corrected chi connectivity index (χ0v) is 10.3. The fraction of sp³-hybridized carbons (Fsp3) is 0.133. The molecule has 2 aromatic carbocycles. The van der Waals surface area contributed by atoms with Crippen molar-refractivity contribution in [2.45, 2.75) is 6.92 Å². The monoisotopic (exact) mass is 240 g/mol. The van der Waals surface area contributed by atoms with E-state index in [1.165, 1.54) is 6.07 Å². The molecule has 0 aromatic heterocycles. The van der Waals surface area contributed by atoms with Crippen LogP contribution < -0.4 is 4.90 Å². The number of para-hydroxylation sites is 1. The second-order valence-electron chi connectivity index (χ2n) is 4.12. The Labute approximate surface area is 106 Å². The highest BCUT2D eigenvalue weighted by Gasteiger charge is 2.11. The molecule has 0 radical (unpaired) electrons. The molecule has 0 saturated heterocycles. The molecule has 0 heterocycles. The van der Waals surface area contributed by atoms with Gasteiger partial charge in [0, 0.05) is 12.7 Å². The molecule has 0 fully saturated rings. The van der Waals surface area contributed by atoms with Crippen LogP contribution >= 0.6 is 0 Å². The van der Waals surface area contributed by atoms with Crippen LogP contribution in [0.25, 0.3) is 0 Å². The first kappa shape index (κ1) is 12.1. The van der Waals surface area contributed by atoms with Crippen LogP contribution in [-0.4, -0.2) is 7.05 Å². The molecule has 0 saturated carbocycles. The number of halogens is 1. The number of nitrogens with zero attached hydrogens (tertiary/aromatic N) is 2. The summed E-state index contributed by atoms with van der Waals surface area (Å²) in [5, 5.41) is 8.72. The van der Waals surface area contributed by atoms with Gasteiger partial charge in [-0.05, 0) is 36.8 Å². The van der Waals surface area contributed by atoms with Crippen LogP contribution in [0.15, 0.2) is 42.5 Å². The molecular formula is C15H13FN2. The Morgan fingerprint density at radius 3 is 2.44 bits per heavy atom. The van der Waals surface area contributed by atoms with Gasteiger partial charge in [0.15, 0.2) is 0 Å². The fourth-order valence-electron chi connectivity index (χ4n) is 1.92. The van der Waals surface area contributed by atoms with Gasteiger partial charge in [0.05, 0.1) is 17.3 Å². The van der Waals surface area contributed by atoms with Crippen molar-refractivity contribution >= 4 is 11.4 Å². The van der Waals surface area contributed by atoms with Crippen molar-refractivity contribution < 1.29 is 4.39 Å². The summed E-state index contributed by atoms with van der Waals surface area (Å²) >= 11 is 0. The van der Waals surface area contributed by atoms with Crippen molar-refractivity contribution in [1.82, 2.24) is 0 Å². The van der Waals surface area contributed by atoms with E-state index in [-0.39, 0.29) is 5.82 Å². The van der Waals surface area contributed by atoms with Crippen LogP contribution in [0.5, 0.6) is 0 Å². The number of benzene rings is 2. The normalized spacial score (nSPS) is 9.89. The van der Waals surface area contributed by atoms with Crippen molar-refractivity contribution in [3.63, 3.8) is 0 Å². The van der Waals surface area contributed by atoms with Crippen LogP contribution in [0.4, 0.5) is 15.8 Å². The zero-order chi connectivity index (χ0) is 13.1. The lowest BCUT2D eigenvalue weighted by Gasteiger charge is -2.22. The third-order valence-corrected chi connectivity index (χ3v) is 2.91. The van der Waals surface area contributed by atoms with E-state index in [1.54, 1.807) is 17.0 Å². The molecule has 0 unspecified atom stereocenters. The van der Waals surface area contributed by atoms with E-state index in [1.807, 2.05) is 44.3 Å². The summed E-state index contributed by atoms with van der Waals surface area (Å²) in [7, 11) is 1.81. The van der Waals surface area contributed by atoms with E-state index in [2.05, 4.69) is 0 Å². The molecule has 0 aliphatic heterocycles. The lowest BCUT2D eigenvalue weighted by molar-refractivity contribution is 0.627. The Bertz CT molecular complexity index is 614. The molecule has 0 N–H and O–H groups in total. The van der Waals surface area contributed by atoms with Gasteiger partial charge in [-0.25, -0.2) is 4.39 Å². The van der Waals surface area contributed by atoms with Gasteiger partial charge in [-0.15, -0.1) is 0 Å². The van der Waals surface area contributed by atoms with Crippen LogP contribution in [0, 0.1) is 24.1 Å². The first-order valence-electron chi connectivity index (χ1n) is 5.62. The van der Waals surface area contributed by atoms with Gasteiger partial charge in [-0.1, -0.05) is 18.2 Å². The molecule has 0 aliphatic rings. The molecule has 90 valence electrons. The third-order valence-electron chi connectivity index (χ3n) is 2.91. The summed E-state index contributed by atoms with van der Waals surface area (Å²) in [5.74, 6) is -0.389. The maximum atomic E-state index is 13.9. The Balaban J connectivity index is 2.44. The highest BCUT2D eigenvalue weighted by atomic mass is 19.1. The Morgan fingerprint density at radius 1 is 1.11 bits per heavy atom. The Morgan fingerprint density at radius 2 is 1.83 bits per heavy atom. The topological polar surface area (TPSA) is 27.0 Å². The minimum Gasteiger partial charge on any atom is -0.342 e. The summed E-state index contributed by atoms with van der Waals surface area (Å²) in [6.45, 7) is 1.98. The molecule has 3 heteroatoms. The summed E-state index contributed by atoms with van der Waals surface area (Å²) in [6, 6.07) is 14.2. The molecule has 18 heavy (non-hydrogen) atoms. The molecule has 0 spiro atoms. The minimum absolute atomic E-state index is 0.328. The molecule has 0 bridgehead atoms. The molecular weight excluding hydrogens is 227 g/mol. The van der Waals surface area contributed by atoms with E-state index in [0.717, 1.165) is 11.3 Å². The van der Waals surface area contributed by atoms with Crippen LogP contribution in [0.3, 0.4) is 0 Å². The van der Waals surface area contributed by atoms with E-state index < -0.39 is 0 Å². The van der Waals surface area contributed by atoms with E-state index >= 15 is 0 Å². The van der Waals surface area contributed by atoms with E-state index in [4.69, 9.17) is 5.26 Å². The van der Waals surface area contributed by atoms with Crippen LogP contribution in [0.1, 0.15) is 11.1 Å². The van der Waals surface area contributed by atoms with Crippen molar-refractivity contribution in [2.24, 2.45) is 0 Å². The average Bonchev–Trinajstić information content (AvgIpc) is 2.38. The Kier molecular flexibility index (Phi) is 3.29. The molecule has 2 aromatic rings. The largest absolute Gasteiger partial charge is 0.342 e. The van der Waals surface area contributed by atoms with Crippen LogP contribution in [0.2, 0.25) is 0 Å². The van der Waals surface area contributed by atoms with Gasteiger partial charge in [-0.2, -0.15) is 5.26 Å². The third kappa shape index (κ3) is 2.18. The molecule has 2 nitrogen and oxygen atoms in total. The summed E-state index contributed by atoms with van der Waals surface area (Å²) in [4.78, 5) is 1.78. The van der Waals surface area contributed by atoms with Gasteiger partial charge in [-0.3, -0.25) is 0 Å².